The fourth-order valence-electron chi connectivity index (χ4n) is 1.75. The van der Waals surface area contributed by atoms with Gasteiger partial charge in [-0.1, -0.05) is 6.07 Å². The van der Waals surface area contributed by atoms with Crippen molar-refractivity contribution < 1.29 is 14.3 Å². The largest absolute Gasteiger partial charge is 0.452 e. The van der Waals surface area contributed by atoms with Gasteiger partial charge in [-0.3, -0.25) is 4.79 Å². The number of nitrogens with zero attached hydrogens (tertiary/aromatic N) is 1. The highest BCUT2D eigenvalue weighted by atomic mass is 16.5. The third-order valence-electron chi connectivity index (χ3n) is 3.33. The number of carbonyl (C=O) groups is 2. The van der Waals surface area contributed by atoms with Gasteiger partial charge >= 0.3 is 5.97 Å². The number of aryl methyl sites for hydroxylation is 1. The van der Waals surface area contributed by atoms with Crippen LogP contribution in [0, 0.1) is 6.92 Å². The van der Waals surface area contributed by atoms with Crippen molar-refractivity contribution in [2.45, 2.75) is 25.8 Å². The molecule has 0 heterocycles. The molecule has 102 valence electrons. The molecule has 0 spiro atoms. The molecule has 1 aromatic rings. The molecule has 1 amide bonds. The Kier molecular flexibility index (Phi) is 3.74. The highest BCUT2D eigenvalue weighted by Crippen LogP contribution is 2.25. The standard InChI is InChI=1S/C14H18N2O3/c1-9-3-4-10(7-12(9)15)14(18)19-8-13(17)16(2)11-5-6-11/h3-4,7,11H,5-6,8,15H2,1-2H3. The van der Waals surface area contributed by atoms with E-state index in [0.29, 0.717) is 17.3 Å². The van der Waals surface area contributed by atoms with Crippen molar-refractivity contribution in [2.75, 3.05) is 19.4 Å². The number of benzene rings is 1. The lowest BCUT2D eigenvalue weighted by molar-refractivity contribution is -0.133. The Morgan fingerprint density at radius 2 is 2.11 bits per heavy atom. The first-order chi connectivity index (χ1) is 8.99. The van der Waals surface area contributed by atoms with Crippen LogP contribution in [0.3, 0.4) is 0 Å². The van der Waals surface area contributed by atoms with E-state index in [0.717, 1.165) is 18.4 Å². The quantitative estimate of drug-likeness (QED) is 0.656. The van der Waals surface area contributed by atoms with E-state index in [4.69, 9.17) is 10.5 Å². The molecule has 2 rings (SSSR count). The number of rotatable bonds is 4. The second-order valence-corrected chi connectivity index (χ2v) is 4.88. The van der Waals surface area contributed by atoms with Gasteiger partial charge in [0.15, 0.2) is 6.61 Å². The molecule has 0 saturated heterocycles. The van der Waals surface area contributed by atoms with Gasteiger partial charge in [0.05, 0.1) is 5.56 Å². The summed E-state index contributed by atoms with van der Waals surface area (Å²) in [5.74, 6) is -0.694. The molecule has 0 aliphatic heterocycles. The topological polar surface area (TPSA) is 72.6 Å². The molecular formula is C14H18N2O3. The van der Waals surface area contributed by atoms with Crippen LogP contribution in [-0.4, -0.2) is 36.5 Å². The molecule has 0 aromatic heterocycles. The maximum atomic E-state index is 11.8. The number of ether oxygens (including phenoxy) is 1. The second kappa shape index (κ2) is 5.30. The summed E-state index contributed by atoms with van der Waals surface area (Å²) in [6.45, 7) is 1.64. The zero-order valence-corrected chi connectivity index (χ0v) is 11.2. The van der Waals surface area contributed by atoms with E-state index in [9.17, 15) is 9.59 Å². The number of esters is 1. The van der Waals surface area contributed by atoms with Crippen molar-refractivity contribution in [1.29, 1.82) is 0 Å². The van der Waals surface area contributed by atoms with Gasteiger partial charge in [0, 0.05) is 18.8 Å². The van der Waals surface area contributed by atoms with Gasteiger partial charge in [-0.05, 0) is 37.5 Å². The molecule has 1 aliphatic rings. The molecule has 0 atom stereocenters. The maximum Gasteiger partial charge on any atom is 0.338 e. The molecule has 0 radical (unpaired) electrons. The number of hydrogen-bond donors (Lipinski definition) is 1. The molecule has 1 saturated carbocycles. The first kappa shape index (κ1) is 13.4. The molecule has 5 heteroatoms. The number of likely N-dealkylation sites (N-methyl/N-ethyl adjacent to an activating group) is 1. The van der Waals surface area contributed by atoms with E-state index in [2.05, 4.69) is 0 Å². The SMILES string of the molecule is Cc1ccc(C(=O)OCC(=O)N(C)C2CC2)cc1N. The molecule has 1 aliphatic carbocycles. The molecule has 5 nitrogen and oxygen atoms in total. The Hall–Kier alpha value is -2.04. The van der Waals surface area contributed by atoms with Crippen LogP contribution in [0.1, 0.15) is 28.8 Å². The number of anilines is 1. The first-order valence-electron chi connectivity index (χ1n) is 6.28. The van der Waals surface area contributed by atoms with E-state index in [1.807, 2.05) is 6.92 Å². The van der Waals surface area contributed by atoms with Crippen molar-refractivity contribution in [1.82, 2.24) is 4.90 Å². The van der Waals surface area contributed by atoms with E-state index < -0.39 is 5.97 Å². The second-order valence-electron chi connectivity index (χ2n) is 4.88. The molecular weight excluding hydrogens is 244 g/mol. The van der Waals surface area contributed by atoms with Crippen molar-refractivity contribution in [3.05, 3.63) is 29.3 Å². The van der Waals surface area contributed by atoms with Crippen molar-refractivity contribution in [3.8, 4) is 0 Å². The van der Waals surface area contributed by atoms with Gasteiger partial charge < -0.3 is 15.4 Å². The molecule has 2 N–H and O–H groups in total. The number of nitrogen functional groups attached to an aromatic ring is 1. The third kappa shape index (κ3) is 3.24. The Balaban J connectivity index is 1.89. The van der Waals surface area contributed by atoms with E-state index in [1.54, 1.807) is 30.1 Å². The number of hydrogen-bond acceptors (Lipinski definition) is 4. The highest BCUT2D eigenvalue weighted by molar-refractivity contribution is 5.92. The minimum atomic E-state index is -0.524. The lowest BCUT2D eigenvalue weighted by Crippen LogP contribution is -2.32. The zero-order chi connectivity index (χ0) is 14.0. The molecule has 19 heavy (non-hydrogen) atoms. The Morgan fingerprint density at radius 3 is 2.68 bits per heavy atom. The van der Waals surface area contributed by atoms with Crippen LogP contribution in [0.25, 0.3) is 0 Å². The molecule has 0 unspecified atom stereocenters. The van der Waals surface area contributed by atoms with Crippen LogP contribution in [0.4, 0.5) is 5.69 Å². The third-order valence-corrected chi connectivity index (χ3v) is 3.33. The van der Waals surface area contributed by atoms with Crippen LogP contribution >= 0.6 is 0 Å². The Morgan fingerprint density at radius 1 is 1.42 bits per heavy atom. The van der Waals surface area contributed by atoms with Gasteiger partial charge in [0.25, 0.3) is 5.91 Å². The van der Waals surface area contributed by atoms with Gasteiger partial charge in [-0.25, -0.2) is 4.79 Å². The summed E-state index contributed by atoms with van der Waals surface area (Å²) >= 11 is 0. The van der Waals surface area contributed by atoms with Gasteiger partial charge in [0.2, 0.25) is 0 Å². The van der Waals surface area contributed by atoms with Crippen molar-refractivity contribution >= 4 is 17.6 Å². The summed E-state index contributed by atoms with van der Waals surface area (Å²) < 4.78 is 5.00. The van der Waals surface area contributed by atoms with Crippen LogP contribution in [0.5, 0.6) is 0 Å². The predicted molar refractivity (Wildman–Crippen MR) is 71.7 cm³/mol. The van der Waals surface area contributed by atoms with Gasteiger partial charge in [-0.2, -0.15) is 0 Å². The monoisotopic (exact) mass is 262 g/mol. The lowest BCUT2D eigenvalue weighted by Gasteiger charge is -2.16. The summed E-state index contributed by atoms with van der Waals surface area (Å²) in [5.41, 5.74) is 7.54. The summed E-state index contributed by atoms with van der Waals surface area (Å²) in [7, 11) is 1.73. The fraction of sp³-hybridized carbons (Fsp3) is 0.429. The smallest absolute Gasteiger partial charge is 0.338 e. The minimum absolute atomic E-state index is 0.170. The van der Waals surface area contributed by atoms with Crippen molar-refractivity contribution in [2.24, 2.45) is 0 Å². The Bertz CT molecular complexity index is 509. The normalized spacial score (nSPS) is 14.0. The van der Waals surface area contributed by atoms with E-state index >= 15 is 0 Å². The summed E-state index contributed by atoms with van der Waals surface area (Å²) in [4.78, 5) is 25.1. The van der Waals surface area contributed by atoms with E-state index in [1.165, 1.54) is 0 Å². The van der Waals surface area contributed by atoms with Gasteiger partial charge in [0.1, 0.15) is 0 Å². The Labute approximate surface area is 112 Å². The van der Waals surface area contributed by atoms with Crippen LogP contribution in [0.2, 0.25) is 0 Å². The number of amides is 1. The molecule has 0 bridgehead atoms. The van der Waals surface area contributed by atoms with Crippen LogP contribution in [-0.2, 0) is 9.53 Å². The average molecular weight is 262 g/mol. The fourth-order valence-corrected chi connectivity index (χ4v) is 1.75. The summed E-state index contributed by atoms with van der Waals surface area (Å²) in [5, 5.41) is 0. The molecule has 1 fully saturated rings. The lowest BCUT2D eigenvalue weighted by atomic mass is 10.1. The highest BCUT2D eigenvalue weighted by Gasteiger charge is 2.29. The number of nitrogens with two attached hydrogens (primary N) is 1. The van der Waals surface area contributed by atoms with E-state index in [-0.39, 0.29) is 12.5 Å². The van der Waals surface area contributed by atoms with Crippen LogP contribution < -0.4 is 5.73 Å². The minimum Gasteiger partial charge on any atom is -0.452 e. The first-order valence-corrected chi connectivity index (χ1v) is 6.28. The van der Waals surface area contributed by atoms with Crippen LogP contribution in [0.15, 0.2) is 18.2 Å². The predicted octanol–water partition coefficient (Wildman–Crippen LogP) is 1.35. The summed E-state index contributed by atoms with van der Waals surface area (Å²) in [6, 6.07) is 5.28. The zero-order valence-electron chi connectivity index (χ0n) is 11.2. The summed E-state index contributed by atoms with van der Waals surface area (Å²) in [6.07, 6.45) is 2.06. The van der Waals surface area contributed by atoms with Gasteiger partial charge in [-0.15, -0.1) is 0 Å². The number of carbonyl (C=O) groups excluding carboxylic acids is 2. The average Bonchev–Trinajstić information content (AvgIpc) is 3.22. The maximum absolute atomic E-state index is 11.8. The van der Waals surface area contributed by atoms with Crippen molar-refractivity contribution in [3.63, 3.8) is 0 Å². The molecule has 1 aromatic carbocycles.